The number of nitriles is 1. The predicted molar refractivity (Wildman–Crippen MR) is 43.6 cm³/mol. The van der Waals surface area contributed by atoms with E-state index in [0.29, 0.717) is 6.42 Å². The maximum absolute atomic E-state index is 10.6. The first-order valence-electron chi connectivity index (χ1n) is 3.44. The first-order valence-corrected chi connectivity index (χ1v) is 5.25. The normalized spacial score (nSPS) is 16.5. The lowest BCUT2D eigenvalue weighted by atomic mass is 10.1. The molecule has 0 aromatic heterocycles. The fourth-order valence-corrected chi connectivity index (χ4v) is 1.15. The van der Waals surface area contributed by atoms with Gasteiger partial charge >= 0.3 is 0 Å². The van der Waals surface area contributed by atoms with Gasteiger partial charge in [0.25, 0.3) is 10.1 Å². The molecule has 5 nitrogen and oxygen atoms in total. The predicted octanol–water partition coefficient (Wildman–Crippen LogP) is -0.408. The highest BCUT2D eigenvalue weighted by atomic mass is 32.2. The summed E-state index contributed by atoms with van der Waals surface area (Å²) in [5, 5.41) is 8.47. The maximum atomic E-state index is 10.6. The molecule has 0 spiro atoms. The molecule has 0 saturated carbocycles. The molecule has 0 aliphatic rings. The number of hydrogen-bond donors (Lipinski definition) is 1. The Morgan fingerprint density at radius 1 is 1.67 bits per heavy atom. The third-order valence-corrected chi connectivity index (χ3v) is 1.82. The van der Waals surface area contributed by atoms with Gasteiger partial charge in [0, 0.05) is 6.04 Å². The average Bonchev–Trinajstić information content (AvgIpc) is 1.97. The Morgan fingerprint density at radius 3 is 2.42 bits per heavy atom. The van der Waals surface area contributed by atoms with E-state index in [1.165, 1.54) is 0 Å². The highest BCUT2D eigenvalue weighted by Crippen LogP contribution is 2.03. The lowest BCUT2D eigenvalue weighted by Crippen LogP contribution is -2.36. The number of rotatable bonds is 4. The van der Waals surface area contributed by atoms with Crippen molar-refractivity contribution in [1.82, 2.24) is 0 Å². The van der Waals surface area contributed by atoms with E-state index in [9.17, 15) is 8.42 Å². The van der Waals surface area contributed by atoms with Gasteiger partial charge in [-0.1, -0.05) is 6.92 Å². The van der Waals surface area contributed by atoms with Crippen molar-refractivity contribution in [1.29, 1.82) is 5.26 Å². The van der Waals surface area contributed by atoms with Crippen LogP contribution in [0.1, 0.15) is 13.3 Å². The van der Waals surface area contributed by atoms with Crippen LogP contribution in [-0.4, -0.2) is 26.8 Å². The van der Waals surface area contributed by atoms with Crippen molar-refractivity contribution in [2.45, 2.75) is 25.5 Å². The Balaban J connectivity index is 4.32. The average molecular weight is 192 g/mol. The van der Waals surface area contributed by atoms with Crippen molar-refractivity contribution in [3.8, 4) is 6.07 Å². The Hall–Kier alpha value is -0.640. The minimum absolute atomic E-state index is 0.494. The highest BCUT2D eigenvalue weighted by Gasteiger charge is 2.20. The summed E-state index contributed by atoms with van der Waals surface area (Å²) in [7, 11) is -3.59. The van der Waals surface area contributed by atoms with E-state index in [1.807, 2.05) is 0 Å². The van der Waals surface area contributed by atoms with Gasteiger partial charge in [-0.15, -0.1) is 0 Å². The van der Waals surface area contributed by atoms with Crippen molar-refractivity contribution in [2.24, 2.45) is 5.73 Å². The smallest absolute Gasteiger partial charge is 0.265 e. The molecule has 0 fully saturated rings. The summed E-state index contributed by atoms with van der Waals surface area (Å²) in [6, 6.07) is 1.12. The molecule has 70 valence electrons. The van der Waals surface area contributed by atoms with Crippen molar-refractivity contribution in [3.05, 3.63) is 0 Å². The molecule has 2 atom stereocenters. The lowest BCUT2D eigenvalue weighted by Gasteiger charge is -2.14. The van der Waals surface area contributed by atoms with Crippen LogP contribution in [0.2, 0.25) is 0 Å². The molecule has 12 heavy (non-hydrogen) atoms. The molecule has 0 amide bonds. The molecule has 0 aliphatic carbocycles. The second kappa shape index (κ2) is 4.40. The van der Waals surface area contributed by atoms with Gasteiger partial charge < -0.3 is 5.73 Å². The highest BCUT2D eigenvalue weighted by molar-refractivity contribution is 7.86. The minimum Gasteiger partial charge on any atom is -0.325 e. The van der Waals surface area contributed by atoms with Crippen molar-refractivity contribution >= 4 is 10.1 Å². The maximum Gasteiger partial charge on any atom is 0.265 e. The first-order chi connectivity index (χ1) is 5.40. The Labute approximate surface area is 72.2 Å². The monoisotopic (exact) mass is 192 g/mol. The van der Waals surface area contributed by atoms with Gasteiger partial charge in [-0.25, -0.2) is 4.18 Å². The molecule has 0 rings (SSSR count). The Bertz CT molecular complexity index is 267. The first kappa shape index (κ1) is 11.4. The molecular formula is C6H12N2O3S. The zero-order valence-electron chi connectivity index (χ0n) is 7.02. The van der Waals surface area contributed by atoms with Crippen molar-refractivity contribution in [3.63, 3.8) is 0 Å². The summed E-state index contributed by atoms with van der Waals surface area (Å²) in [6.07, 6.45) is 0.304. The third kappa shape index (κ3) is 4.28. The summed E-state index contributed by atoms with van der Waals surface area (Å²) >= 11 is 0. The Kier molecular flexibility index (Phi) is 4.17. The topological polar surface area (TPSA) is 93.2 Å². The SMILES string of the molecule is CC[C@@H](N)C(C#N)OS(C)(=O)=O. The lowest BCUT2D eigenvalue weighted by molar-refractivity contribution is 0.229. The standard InChI is InChI=1S/C6H12N2O3S/c1-3-5(8)6(4-7)11-12(2,9)10/h5-6H,3,8H2,1-2H3/t5-,6?/m1/s1. The van der Waals surface area contributed by atoms with Crippen LogP contribution >= 0.6 is 0 Å². The zero-order valence-corrected chi connectivity index (χ0v) is 7.84. The van der Waals surface area contributed by atoms with Crippen LogP contribution < -0.4 is 5.73 Å². The summed E-state index contributed by atoms with van der Waals surface area (Å²) in [6.45, 7) is 1.75. The van der Waals surface area contributed by atoms with E-state index < -0.39 is 22.3 Å². The summed E-state index contributed by atoms with van der Waals surface area (Å²) in [5.41, 5.74) is 5.42. The fourth-order valence-electron chi connectivity index (χ4n) is 0.591. The molecule has 0 heterocycles. The zero-order chi connectivity index (χ0) is 9.78. The molecule has 2 N–H and O–H groups in total. The van der Waals surface area contributed by atoms with Crippen LogP contribution in [0.5, 0.6) is 0 Å². The van der Waals surface area contributed by atoms with Gasteiger partial charge in [-0.2, -0.15) is 13.7 Å². The van der Waals surface area contributed by atoms with Gasteiger partial charge in [0.1, 0.15) is 0 Å². The molecule has 0 aromatic carbocycles. The summed E-state index contributed by atoms with van der Waals surface area (Å²) in [5.74, 6) is 0. The number of nitrogens with zero attached hydrogens (tertiary/aromatic N) is 1. The number of nitrogens with two attached hydrogens (primary N) is 1. The molecular weight excluding hydrogens is 180 g/mol. The molecule has 1 unspecified atom stereocenters. The second-order valence-electron chi connectivity index (χ2n) is 2.42. The van der Waals surface area contributed by atoms with Gasteiger partial charge in [-0.05, 0) is 6.42 Å². The minimum atomic E-state index is -3.59. The van der Waals surface area contributed by atoms with E-state index in [2.05, 4.69) is 4.18 Å². The van der Waals surface area contributed by atoms with Crippen LogP contribution in [0.25, 0.3) is 0 Å². The van der Waals surface area contributed by atoms with E-state index in [-0.39, 0.29) is 0 Å². The van der Waals surface area contributed by atoms with E-state index >= 15 is 0 Å². The van der Waals surface area contributed by atoms with Crippen LogP contribution in [0.4, 0.5) is 0 Å². The largest absolute Gasteiger partial charge is 0.325 e. The molecule has 0 aliphatic heterocycles. The summed E-state index contributed by atoms with van der Waals surface area (Å²) in [4.78, 5) is 0. The van der Waals surface area contributed by atoms with Crippen LogP contribution in [0.15, 0.2) is 0 Å². The quantitative estimate of drug-likeness (QED) is 0.611. The fraction of sp³-hybridized carbons (Fsp3) is 0.833. The van der Waals surface area contributed by atoms with Gasteiger partial charge in [0.2, 0.25) is 0 Å². The molecule has 0 saturated heterocycles. The molecule has 0 radical (unpaired) electrons. The molecule has 0 bridgehead atoms. The molecule has 6 heteroatoms. The van der Waals surface area contributed by atoms with Crippen molar-refractivity contribution < 1.29 is 12.6 Å². The van der Waals surface area contributed by atoms with Crippen LogP contribution in [0, 0.1) is 11.3 Å². The van der Waals surface area contributed by atoms with E-state index in [0.717, 1.165) is 6.26 Å². The summed E-state index contributed by atoms with van der Waals surface area (Å²) < 4.78 is 25.6. The van der Waals surface area contributed by atoms with E-state index in [4.69, 9.17) is 11.0 Å². The van der Waals surface area contributed by atoms with Crippen LogP contribution in [-0.2, 0) is 14.3 Å². The van der Waals surface area contributed by atoms with Gasteiger partial charge in [-0.3, -0.25) is 0 Å². The van der Waals surface area contributed by atoms with Gasteiger partial charge in [0.05, 0.1) is 12.3 Å². The molecule has 0 aromatic rings. The number of hydrogen-bond acceptors (Lipinski definition) is 5. The van der Waals surface area contributed by atoms with Gasteiger partial charge in [0.15, 0.2) is 6.10 Å². The third-order valence-electron chi connectivity index (χ3n) is 1.27. The van der Waals surface area contributed by atoms with Crippen molar-refractivity contribution in [2.75, 3.05) is 6.26 Å². The second-order valence-corrected chi connectivity index (χ2v) is 4.02. The van der Waals surface area contributed by atoms with Crippen LogP contribution in [0.3, 0.4) is 0 Å². The Morgan fingerprint density at radius 2 is 2.17 bits per heavy atom. The van der Waals surface area contributed by atoms with E-state index in [1.54, 1.807) is 13.0 Å².